The molecule has 3 rings (SSSR count). The van der Waals surface area contributed by atoms with Crippen molar-refractivity contribution in [3.63, 3.8) is 0 Å². The van der Waals surface area contributed by atoms with Gasteiger partial charge in [-0.15, -0.1) is 0 Å². The van der Waals surface area contributed by atoms with Crippen molar-refractivity contribution in [1.29, 1.82) is 0 Å². The summed E-state index contributed by atoms with van der Waals surface area (Å²) in [5.41, 5.74) is 0.319. The summed E-state index contributed by atoms with van der Waals surface area (Å²) >= 11 is 6.00. The maximum absolute atomic E-state index is 12.9. The zero-order chi connectivity index (χ0) is 15.7. The number of nitrogens with zero attached hydrogens (tertiary/aromatic N) is 2. The smallest absolute Gasteiger partial charge is 0.257 e. The fourth-order valence-corrected chi connectivity index (χ4v) is 4.04. The van der Waals surface area contributed by atoms with E-state index in [-0.39, 0.29) is 17.7 Å². The summed E-state index contributed by atoms with van der Waals surface area (Å²) in [6, 6.07) is 5.35. The summed E-state index contributed by atoms with van der Waals surface area (Å²) < 4.78 is 0. The second kappa shape index (κ2) is 6.47. The van der Waals surface area contributed by atoms with E-state index in [2.05, 4.69) is 11.9 Å². The van der Waals surface area contributed by atoms with Crippen LogP contribution in [0.2, 0.25) is 5.02 Å². The van der Waals surface area contributed by atoms with Gasteiger partial charge >= 0.3 is 0 Å². The van der Waals surface area contributed by atoms with E-state index < -0.39 is 0 Å². The fourth-order valence-electron chi connectivity index (χ4n) is 3.87. The normalized spacial score (nSPS) is 26.4. The Kier molecular flexibility index (Phi) is 4.59. The molecular weight excluding hydrogens is 300 g/mol. The van der Waals surface area contributed by atoms with Gasteiger partial charge in [0.1, 0.15) is 5.75 Å². The maximum atomic E-state index is 12.9. The van der Waals surface area contributed by atoms with Crippen LogP contribution in [0, 0.1) is 0 Å². The Hall–Kier alpha value is -1.26. The molecule has 1 aromatic rings. The van der Waals surface area contributed by atoms with Gasteiger partial charge < -0.3 is 14.9 Å². The number of hydrogen-bond donors (Lipinski definition) is 1. The van der Waals surface area contributed by atoms with Crippen LogP contribution in [0.4, 0.5) is 0 Å². The lowest BCUT2D eigenvalue weighted by Gasteiger charge is -2.41. The number of halogens is 1. The van der Waals surface area contributed by atoms with E-state index in [1.54, 1.807) is 12.1 Å². The first-order chi connectivity index (χ1) is 10.6. The highest BCUT2D eigenvalue weighted by atomic mass is 35.5. The molecule has 2 heterocycles. The van der Waals surface area contributed by atoms with E-state index in [1.807, 2.05) is 4.90 Å². The lowest BCUT2D eigenvalue weighted by molar-refractivity contribution is 0.0472. The number of carbonyl (C=O) groups excluding carboxylic acids is 1. The van der Waals surface area contributed by atoms with Crippen molar-refractivity contribution in [2.45, 2.75) is 44.2 Å². The van der Waals surface area contributed by atoms with Gasteiger partial charge in [0.25, 0.3) is 5.91 Å². The average Bonchev–Trinajstić information content (AvgIpc) is 2.95. The van der Waals surface area contributed by atoms with Gasteiger partial charge in [-0.1, -0.05) is 11.6 Å². The van der Waals surface area contributed by atoms with Crippen molar-refractivity contribution in [2.75, 3.05) is 20.1 Å². The Morgan fingerprint density at radius 3 is 2.68 bits per heavy atom. The van der Waals surface area contributed by atoms with Crippen LogP contribution >= 0.6 is 11.6 Å². The standard InChI is InChI=1S/C17H23ClN2O2/c1-19-9-4-6-14(19)15-5-2-3-10-20(15)17(22)13-11-12(18)7-8-16(13)21/h7-8,11,14-15,21H,2-6,9-10H2,1H3. The highest BCUT2D eigenvalue weighted by Crippen LogP contribution is 2.31. The van der Waals surface area contributed by atoms with Crippen molar-refractivity contribution in [3.05, 3.63) is 28.8 Å². The number of aromatic hydroxyl groups is 1. The highest BCUT2D eigenvalue weighted by Gasteiger charge is 2.37. The van der Waals surface area contributed by atoms with Crippen molar-refractivity contribution >= 4 is 17.5 Å². The predicted molar refractivity (Wildman–Crippen MR) is 87.4 cm³/mol. The number of phenols is 1. The molecule has 1 aromatic carbocycles. The molecule has 0 saturated carbocycles. The second-order valence-electron chi connectivity index (χ2n) is 6.41. The third-order valence-corrected chi connectivity index (χ3v) is 5.26. The molecule has 1 N–H and O–H groups in total. The largest absolute Gasteiger partial charge is 0.507 e. The minimum absolute atomic E-state index is 0.0125. The van der Waals surface area contributed by atoms with Gasteiger partial charge in [-0.05, 0) is 63.9 Å². The quantitative estimate of drug-likeness (QED) is 0.909. The zero-order valence-electron chi connectivity index (χ0n) is 13.0. The first-order valence-electron chi connectivity index (χ1n) is 8.07. The third-order valence-electron chi connectivity index (χ3n) is 5.02. The van der Waals surface area contributed by atoms with Crippen molar-refractivity contribution in [1.82, 2.24) is 9.80 Å². The number of benzene rings is 1. The number of carbonyl (C=O) groups is 1. The van der Waals surface area contributed by atoms with Crippen LogP contribution in [0.1, 0.15) is 42.5 Å². The Morgan fingerprint density at radius 2 is 1.95 bits per heavy atom. The highest BCUT2D eigenvalue weighted by molar-refractivity contribution is 6.31. The zero-order valence-corrected chi connectivity index (χ0v) is 13.7. The fraction of sp³-hybridized carbons (Fsp3) is 0.588. The number of phenolic OH excluding ortho intramolecular Hbond substituents is 1. The van der Waals surface area contributed by atoms with Gasteiger partial charge in [0.2, 0.25) is 0 Å². The van der Waals surface area contributed by atoms with Gasteiger partial charge in [0.05, 0.1) is 5.56 Å². The lowest BCUT2D eigenvalue weighted by atomic mass is 9.93. The van der Waals surface area contributed by atoms with Crippen LogP contribution in [0.15, 0.2) is 18.2 Å². The van der Waals surface area contributed by atoms with E-state index in [4.69, 9.17) is 11.6 Å². The SMILES string of the molecule is CN1CCCC1C1CCCCN1C(=O)c1cc(Cl)ccc1O. The molecule has 5 heteroatoms. The van der Waals surface area contributed by atoms with Gasteiger partial charge in [-0.2, -0.15) is 0 Å². The lowest BCUT2D eigenvalue weighted by Crippen LogP contribution is -2.52. The van der Waals surface area contributed by atoms with E-state index in [0.717, 1.165) is 32.4 Å². The monoisotopic (exact) mass is 322 g/mol. The predicted octanol–water partition coefficient (Wildman–Crippen LogP) is 3.13. The van der Waals surface area contributed by atoms with Gasteiger partial charge in [-0.25, -0.2) is 0 Å². The molecule has 0 radical (unpaired) electrons. The summed E-state index contributed by atoms with van der Waals surface area (Å²) in [5, 5.41) is 10.5. The number of amides is 1. The number of piperidine rings is 1. The molecule has 0 aliphatic carbocycles. The summed E-state index contributed by atoms with van der Waals surface area (Å²) in [7, 11) is 2.14. The van der Waals surface area contributed by atoms with Gasteiger partial charge in [0, 0.05) is 23.7 Å². The molecule has 2 fully saturated rings. The Labute approximate surface area is 136 Å². The van der Waals surface area contributed by atoms with Crippen LogP contribution in [-0.4, -0.2) is 53.0 Å². The number of likely N-dealkylation sites (N-methyl/N-ethyl adjacent to an activating group) is 1. The molecule has 2 aliphatic rings. The molecule has 0 spiro atoms. The molecule has 2 unspecified atom stereocenters. The molecule has 0 aromatic heterocycles. The second-order valence-corrected chi connectivity index (χ2v) is 6.85. The summed E-state index contributed by atoms with van der Waals surface area (Å²) in [4.78, 5) is 17.3. The van der Waals surface area contributed by atoms with Crippen molar-refractivity contribution < 1.29 is 9.90 Å². The number of hydrogen-bond acceptors (Lipinski definition) is 3. The van der Waals surface area contributed by atoms with E-state index >= 15 is 0 Å². The Morgan fingerprint density at radius 1 is 1.18 bits per heavy atom. The number of rotatable bonds is 2. The first kappa shape index (κ1) is 15.6. The van der Waals surface area contributed by atoms with Gasteiger partial charge in [0.15, 0.2) is 0 Å². The Balaban J connectivity index is 1.86. The van der Waals surface area contributed by atoms with Crippen LogP contribution in [0.3, 0.4) is 0 Å². The van der Waals surface area contributed by atoms with E-state index in [0.29, 0.717) is 16.6 Å². The van der Waals surface area contributed by atoms with Crippen molar-refractivity contribution in [2.24, 2.45) is 0 Å². The summed E-state index contributed by atoms with van der Waals surface area (Å²) in [6.45, 7) is 1.87. The van der Waals surface area contributed by atoms with Crippen LogP contribution in [-0.2, 0) is 0 Å². The molecular formula is C17H23ClN2O2. The maximum Gasteiger partial charge on any atom is 0.257 e. The molecule has 1 amide bonds. The minimum atomic E-state index is -0.0926. The summed E-state index contributed by atoms with van der Waals surface area (Å²) in [5.74, 6) is -0.0801. The van der Waals surface area contributed by atoms with E-state index in [1.165, 1.54) is 18.9 Å². The molecule has 4 nitrogen and oxygen atoms in total. The first-order valence-corrected chi connectivity index (χ1v) is 8.45. The topological polar surface area (TPSA) is 43.8 Å². The molecule has 2 aliphatic heterocycles. The van der Waals surface area contributed by atoms with E-state index in [9.17, 15) is 9.90 Å². The Bertz CT molecular complexity index is 564. The van der Waals surface area contributed by atoms with Crippen molar-refractivity contribution in [3.8, 4) is 5.75 Å². The molecule has 0 bridgehead atoms. The van der Waals surface area contributed by atoms with Crippen LogP contribution in [0.5, 0.6) is 5.75 Å². The van der Waals surface area contributed by atoms with Crippen LogP contribution < -0.4 is 0 Å². The average molecular weight is 323 g/mol. The van der Waals surface area contributed by atoms with Crippen LogP contribution in [0.25, 0.3) is 0 Å². The third kappa shape index (κ3) is 2.95. The molecule has 2 saturated heterocycles. The molecule has 22 heavy (non-hydrogen) atoms. The minimum Gasteiger partial charge on any atom is -0.507 e. The van der Waals surface area contributed by atoms with Gasteiger partial charge in [-0.3, -0.25) is 4.79 Å². The molecule has 2 atom stereocenters. The number of likely N-dealkylation sites (tertiary alicyclic amines) is 2. The summed E-state index contributed by atoms with van der Waals surface area (Å²) in [6.07, 6.45) is 5.58. The molecule has 120 valence electrons.